The zero-order valence-electron chi connectivity index (χ0n) is 9.01. The summed E-state index contributed by atoms with van der Waals surface area (Å²) in [6.07, 6.45) is 0.435. The first kappa shape index (κ1) is 9.51. The highest BCUT2D eigenvalue weighted by Crippen LogP contribution is 2.39. The van der Waals surface area contributed by atoms with E-state index in [1.807, 2.05) is 19.1 Å². The Kier molecular flexibility index (Phi) is 1.87. The second-order valence-corrected chi connectivity index (χ2v) is 4.36. The van der Waals surface area contributed by atoms with Crippen LogP contribution in [0.4, 0.5) is 4.79 Å². The van der Waals surface area contributed by atoms with Crippen molar-refractivity contribution in [2.75, 3.05) is 6.61 Å². The maximum absolute atomic E-state index is 11.6. The predicted octanol–water partition coefficient (Wildman–Crippen LogP) is 1.83. The van der Waals surface area contributed by atoms with Gasteiger partial charge in [0.25, 0.3) is 0 Å². The first-order valence-electron chi connectivity index (χ1n) is 5.44. The van der Waals surface area contributed by atoms with Crippen molar-refractivity contribution in [3.05, 3.63) is 29.3 Å². The first-order chi connectivity index (χ1) is 7.68. The molecule has 1 aromatic carbocycles. The minimum absolute atomic E-state index is 0.0177. The van der Waals surface area contributed by atoms with Gasteiger partial charge in [0, 0.05) is 12.0 Å². The third-order valence-electron chi connectivity index (χ3n) is 3.50. The van der Waals surface area contributed by atoms with Gasteiger partial charge < -0.3 is 9.84 Å². The maximum atomic E-state index is 11.6. The van der Waals surface area contributed by atoms with Crippen LogP contribution in [0.5, 0.6) is 5.75 Å². The molecule has 1 saturated heterocycles. The third kappa shape index (κ3) is 1.13. The standard InChI is InChI=1S/C12H13NO3/c1-7-9-3-2-4-11(14)10(9)5-8-6-16-12(15)13(7)8/h2-4,7-8,14H,5-6H2,1H3/t7?,8-/m0/s1. The number of fused-ring (bicyclic) bond motifs is 2. The van der Waals surface area contributed by atoms with E-state index in [4.69, 9.17) is 4.74 Å². The zero-order valence-corrected chi connectivity index (χ0v) is 9.01. The highest BCUT2D eigenvalue weighted by atomic mass is 16.6. The van der Waals surface area contributed by atoms with E-state index in [-0.39, 0.29) is 18.2 Å². The van der Waals surface area contributed by atoms with Crippen LogP contribution >= 0.6 is 0 Å². The molecule has 1 amide bonds. The van der Waals surface area contributed by atoms with Gasteiger partial charge in [-0.2, -0.15) is 0 Å². The molecule has 2 aliphatic rings. The Bertz CT molecular complexity index is 458. The van der Waals surface area contributed by atoms with Crippen LogP contribution in [0.15, 0.2) is 18.2 Å². The van der Waals surface area contributed by atoms with Crippen LogP contribution in [0.3, 0.4) is 0 Å². The van der Waals surface area contributed by atoms with Gasteiger partial charge in [-0.3, -0.25) is 4.90 Å². The lowest BCUT2D eigenvalue weighted by atomic mass is 9.89. The van der Waals surface area contributed by atoms with E-state index in [0.29, 0.717) is 18.8 Å². The summed E-state index contributed by atoms with van der Waals surface area (Å²) in [5.41, 5.74) is 1.98. The molecule has 2 heterocycles. The Morgan fingerprint density at radius 1 is 1.50 bits per heavy atom. The topological polar surface area (TPSA) is 49.8 Å². The number of nitrogens with zero attached hydrogens (tertiary/aromatic N) is 1. The zero-order chi connectivity index (χ0) is 11.3. The maximum Gasteiger partial charge on any atom is 0.410 e. The molecule has 1 aromatic rings. The third-order valence-corrected chi connectivity index (χ3v) is 3.50. The number of carbonyl (C=O) groups excluding carboxylic acids is 1. The van der Waals surface area contributed by atoms with Crippen molar-refractivity contribution < 1.29 is 14.6 Å². The molecule has 4 nitrogen and oxygen atoms in total. The van der Waals surface area contributed by atoms with Crippen LogP contribution in [-0.4, -0.2) is 28.7 Å². The van der Waals surface area contributed by atoms with Crippen molar-refractivity contribution in [2.24, 2.45) is 0 Å². The van der Waals surface area contributed by atoms with Crippen LogP contribution in [0, 0.1) is 0 Å². The fraction of sp³-hybridized carbons (Fsp3) is 0.417. The summed E-state index contributed by atoms with van der Waals surface area (Å²) in [4.78, 5) is 13.3. The van der Waals surface area contributed by atoms with Crippen molar-refractivity contribution in [1.29, 1.82) is 0 Å². The Morgan fingerprint density at radius 3 is 3.12 bits per heavy atom. The number of hydrogen-bond acceptors (Lipinski definition) is 3. The summed E-state index contributed by atoms with van der Waals surface area (Å²) in [6, 6.07) is 5.52. The minimum Gasteiger partial charge on any atom is -0.508 e. The van der Waals surface area contributed by atoms with Crippen LogP contribution in [0.2, 0.25) is 0 Å². The molecule has 2 atom stereocenters. The molecule has 1 unspecified atom stereocenters. The Hall–Kier alpha value is -1.71. The molecule has 1 N–H and O–H groups in total. The molecular formula is C12H13NO3. The van der Waals surface area contributed by atoms with Gasteiger partial charge in [-0.25, -0.2) is 4.79 Å². The number of phenols is 1. The molecule has 4 heteroatoms. The number of phenolic OH excluding ortho intramolecular Hbond substituents is 1. The van der Waals surface area contributed by atoms with Gasteiger partial charge in [-0.15, -0.1) is 0 Å². The average molecular weight is 219 g/mol. The van der Waals surface area contributed by atoms with E-state index < -0.39 is 0 Å². The molecule has 2 aliphatic heterocycles. The molecule has 0 radical (unpaired) electrons. The second-order valence-electron chi connectivity index (χ2n) is 4.36. The number of carbonyl (C=O) groups is 1. The van der Waals surface area contributed by atoms with Crippen molar-refractivity contribution in [2.45, 2.75) is 25.4 Å². The van der Waals surface area contributed by atoms with Crippen molar-refractivity contribution >= 4 is 6.09 Å². The normalized spacial score (nSPS) is 27.3. The number of rotatable bonds is 0. The van der Waals surface area contributed by atoms with Crippen molar-refractivity contribution in [1.82, 2.24) is 4.90 Å². The van der Waals surface area contributed by atoms with Gasteiger partial charge in [0.2, 0.25) is 0 Å². The lowest BCUT2D eigenvalue weighted by Crippen LogP contribution is -2.41. The van der Waals surface area contributed by atoms with E-state index >= 15 is 0 Å². The number of cyclic esters (lactones) is 1. The number of aromatic hydroxyl groups is 1. The van der Waals surface area contributed by atoms with Crippen LogP contribution in [0.1, 0.15) is 24.1 Å². The molecule has 0 aromatic heterocycles. The van der Waals surface area contributed by atoms with Gasteiger partial charge in [-0.1, -0.05) is 12.1 Å². The minimum atomic E-state index is -0.244. The molecule has 0 aliphatic carbocycles. The van der Waals surface area contributed by atoms with Gasteiger partial charge in [0.1, 0.15) is 12.4 Å². The number of amides is 1. The molecule has 84 valence electrons. The SMILES string of the molecule is CC1c2cccc(O)c2C[C@H]2COC(=O)N12. The molecule has 0 spiro atoms. The quantitative estimate of drug-likeness (QED) is 0.724. The Labute approximate surface area is 93.4 Å². The monoisotopic (exact) mass is 219 g/mol. The summed E-state index contributed by atoms with van der Waals surface area (Å²) in [7, 11) is 0. The summed E-state index contributed by atoms with van der Waals surface area (Å²) >= 11 is 0. The molecule has 0 bridgehead atoms. The fourth-order valence-corrected chi connectivity index (χ4v) is 2.69. The van der Waals surface area contributed by atoms with Gasteiger partial charge in [0.15, 0.2) is 0 Å². The molecule has 1 fully saturated rings. The average Bonchev–Trinajstić information content (AvgIpc) is 2.63. The van der Waals surface area contributed by atoms with Gasteiger partial charge in [0.05, 0.1) is 12.1 Å². The number of ether oxygens (including phenoxy) is 1. The van der Waals surface area contributed by atoms with Gasteiger partial charge >= 0.3 is 6.09 Å². The summed E-state index contributed by atoms with van der Waals surface area (Å²) in [5.74, 6) is 0.323. The lowest BCUT2D eigenvalue weighted by Gasteiger charge is -2.35. The number of hydrogen-bond donors (Lipinski definition) is 1. The summed E-state index contributed by atoms with van der Waals surface area (Å²) in [6.45, 7) is 2.40. The predicted molar refractivity (Wildman–Crippen MR) is 57.2 cm³/mol. The van der Waals surface area contributed by atoms with Crippen molar-refractivity contribution in [3.63, 3.8) is 0 Å². The van der Waals surface area contributed by atoms with E-state index in [1.165, 1.54) is 0 Å². The lowest BCUT2D eigenvalue weighted by molar-refractivity contribution is 0.144. The highest BCUT2D eigenvalue weighted by molar-refractivity contribution is 5.72. The van der Waals surface area contributed by atoms with E-state index in [2.05, 4.69) is 0 Å². The summed E-state index contributed by atoms with van der Waals surface area (Å²) in [5, 5.41) is 9.82. The smallest absolute Gasteiger partial charge is 0.410 e. The van der Waals surface area contributed by atoms with Gasteiger partial charge in [-0.05, 0) is 18.6 Å². The van der Waals surface area contributed by atoms with Crippen LogP contribution in [-0.2, 0) is 11.2 Å². The largest absolute Gasteiger partial charge is 0.508 e. The van der Waals surface area contributed by atoms with E-state index in [1.54, 1.807) is 11.0 Å². The molecule has 16 heavy (non-hydrogen) atoms. The van der Waals surface area contributed by atoms with Crippen LogP contribution in [0.25, 0.3) is 0 Å². The number of benzene rings is 1. The van der Waals surface area contributed by atoms with Crippen molar-refractivity contribution in [3.8, 4) is 5.75 Å². The van der Waals surface area contributed by atoms with E-state index in [9.17, 15) is 9.90 Å². The molecule has 3 rings (SSSR count). The fourth-order valence-electron chi connectivity index (χ4n) is 2.69. The molecular weight excluding hydrogens is 206 g/mol. The van der Waals surface area contributed by atoms with E-state index in [0.717, 1.165) is 11.1 Å². The Balaban J connectivity index is 2.10. The van der Waals surface area contributed by atoms with Crippen LogP contribution < -0.4 is 0 Å². The first-order valence-corrected chi connectivity index (χ1v) is 5.44. The Morgan fingerprint density at radius 2 is 2.31 bits per heavy atom. The second kappa shape index (κ2) is 3.14. The summed E-state index contributed by atoms with van der Waals surface area (Å²) < 4.78 is 5.05. The molecule has 0 saturated carbocycles. The highest BCUT2D eigenvalue weighted by Gasteiger charge is 2.41.